The summed E-state index contributed by atoms with van der Waals surface area (Å²) in [6.45, 7) is 0.303. The first kappa shape index (κ1) is 14.9. The van der Waals surface area contributed by atoms with E-state index < -0.39 is 10.3 Å². The fraction of sp³-hybridized carbons (Fsp3) is 0.462. The molecule has 0 spiro atoms. The number of nitrogens with zero attached hydrogens (tertiary/aromatic N) is 1. The number of carbonyl (C=O) groups is 1. The second-order valence-electron chi connectivity index (χ2n) is 5.07. The number of carbonyl (C=O) groups excluding carboxylic acids is 1. The van der Waals surface area contributed by atoms with Crippen molar-refractivity contribution in [3.63, 3.8) is 0 Å². The molecular weight excluding hydrogens is 326 g/mol. The van der Waals surface area contributed by atoms with Crippen molar-refractivity contribution in [2.45, 2.75) is 25.7 Å². The van der Waals surface area contributed by atoms with Crippen LogP contribution in [-0.2, 0) is 4.79 Å². The predicted octanol–water partition coefficient (Wildman–Crippen LogP) is 2.81. The lowest BCUT2D eigenvalue weighted by Crippen LogP contribution is -2.40. The highest BCUT2D eigenvalue weighted by Gasteiger charge is 2.39. The predicted molar refractivity (Wildman–Crippen MR) is 79.4 cm³/mol. The molecule has 7 heteroatoms. The first-order chi connectivity index (χ1) is 9.48. The van der Waals surface area contributed by atoms with Crippen LogP contribution in [0.5, 0.6) is 0 Å². The van der Waals surface area contributed by atoms with Crippen molar-refractivity contribution in [1.82, 2.24) is 0 Å². The van der Waals surface area contributed by atoms with Crippen LogP contribution in [0.4, 0.5) is 11.4 Å². The number of amides is 1. The SMILES string of the molecule is NCC1(C(=O)Nc2ccc(Br)c([N+](=O)[O-])c2)CCCC1. The Morgan fingerprint density at radius 2 is 2.10 bits per heavy atom. The number of hydrogen-bond donors (Lipinski definition) is 2. The van der Waals surface area contributed by atoms with Gasteiger partial charge in [0.15, 0.2) is 0 Å². The minimum absolute atomic E-state index is 0.0731. The van der Waals surface area contributed by atoms with E-state index in [2.05, 4.69) is 21.2 Å². The van der Waals surface area contributed by atoms with Gasteiger partial charge in [-0.1, -0.05) is 12.8 Å². The number of hydrogen-bond acceptors (Lipinski definition) is 4. The van der Waals surface area contributed by atoms with Crippen molar-refractivity contribution in [2.75, 3.05) is 11.9 Å². The smallest absolute Gasteiger partial charge is 0.285 e. The van der Waals surface area contributed by atoms with Crippen LogP contribution >= 0.6 is 15.9 Å². The molecule has 0 aromatic heterocycles. The largest absolute Gasteiger partial charge is 0.329 e. The Morgan fingerprint density at radius 3 is 2.65 bits per heavy atom. The third kappa shape index (κ3) is 2.83. The van der Waals surface area contributed by atoms with E-state index in [4.69, 9.17) is 5.73 Å². The molecule has 1 aromatic rings. The van der Waals surface area contributed by atoms with E-state index in [1.54, 1.807) is 12.1 Å². The maximum atomic E-state index is 12.4. The van der Waals surface area contributed by atoms with Gasteiger partial charge >= 0.3 is 0 Å². The van der Waals surface area contributed by atoms with Crippen molar-refractivity contribution < 1.29 is 9.72 Å². The number of halogens is 1. The van der Waals surface area contributed by atoms with Crippen LogP contribution in [0.15, 0.2) is 22.7 Å². The lowest BCUT2D eigenvalue weighted by Gasteiger charge is -2.25. The minimum Gasteiger partial charge on any atom is -0.329 e. The number of nitro benzene ring substituents is 1. The fourth-order valence-electron chi connectivity index (χ4n) is 2.57. The van der Waals surface area contributed by atoms with Crippen LogP contribution < -0.4 is 11.1 Å². The Balaban J connectivity index is 2.19. The summed E-state index contributed by atoms with van der Waals surface area (Å²) in [6.07, 6.45) is 3.53. The van der Waals surface area contributed by atoms with Crippen molar-refractivity contribution in [2.24, 2.45) is 11.1 Å². The van der Waals surface area contributed by atoms with E-state index in [0.717, 1.165) is 25.7 Å². The van der Waals surface area contributed by atoms with Gasteiger partial charge in [0.05, 0.1) is 14.8 Å². The van der Waals surface area contributed by atoms with Crippen molar-refractivity contribution in [3.05, 3.63) is 32.8 Å². The monoisotopic (exact) mass is 341 g/mol. The van der Waals surface area contributed by atoms with Gasteiger partial charge in [0, 0.05) is 18.3 Å². The molecule has 3 N–H and O–H groups in total. The molecule has 1 aliphatic carbocycles. The summed E-state index contributed by atoms with van der Waals surface area (Å²) < 4.78 is 0.384. The normalized spacial score (nSPS) is 16.9. The molecule has 0 radical (unpaired) electrons. The van der Waals surface area contributed by atoms with E-state index in [1.807, 2.05) is 0 Å². The molecule has 0 bridgehead atoms. The second-order valence-corrected chi connectivity index (χ2v) is 5.92. The van der Waals surface area contributed by atoms with E-state index >= 15 is 0 Å². The van der Waals surface area contributed by atoms with E-state index in [-0.39, 0.29) is 11.6 Å². The van der Waals surface area contributed by atoms with Gasteiger partial charge in [0.1, 0.15) is 0 Å². The maximum absolute atomic E-state index is 12.4. The molecule has 0 unspecified atom stereocenters. The Morgan fingerprint density at radius 1 is 1.45 bits per heavy atom. The van der Waals surface area contributed by atoms with Crippen LogP contribution in [-0.4, -0.2) is 17.4 Å². The molecule has 2 rings (SSSR count). The molecular formula is C13H16BrN3O3. The number of benzene rings is 1. The number of nitrogens with two attached hydrogens (primary N) is 1. The quantitative estimate of drug-likeness (QED) is 0.649. The molecule has 1 fully saturated rings. The van der Waals surface area contributed by atoms with Gasteiger partial charge in [-0.25, -0.2) is 0 Å². The number of nitrogens with one attached hydrogen (secondary N) is 1. The van der Waals surface area contributed by atoms with Crippen LogP contribution in [0.1, 0.15) is 25.7 Å². The van der Waals surface area contributed by atoms with Crippen LogP contribution in [0.2, 0.25) is 0 Å². The molecule has 6 nitrogen and oxygen atoms in total. The molecule has 1 aliphatic rings. The number of nitro groups is 1. The third-order valence-corrected chi connectivity index (χ3v) is 4.50. The highest BCUT2D eigenvalue weighted by atomic mass is 79.9. The average Bonchev–Trinajstić information content (AvgIpc) is 2.90. The molecule has 20 heavy (non-hydrogen) atoms. The minimum atomic E-state index is -0.526. The maximum Gasteiger partial charge on any atom is 0.285 e. The highest BCUT2D eigenvalue weighted by molar-refractivity contribution is 9.10. The van der Waals surface area contributed by atoms with Gasteiger partial charge in [-0.2, -0.15) is 0 Å². The van der Waals surface area contributed by atoms with E-state index in [9.17, 15) is 14.9 Å². The molecule has 0 atom stereocenters. The van der Waals surface area contributed by atoms with Gasteiger partial charge in [-0.3, -0.25) is 14.9 Å². The van der Waals surface area contributed by atoms with Crippen LogP contribution in [0.3, 0.4) is 0 Å². The Labute approximate surface area is 125 Å². The summed E-state index contributed by atoms with van der Waals surface area (Å²) in [7, 11) is 0. The molecule has 0 aliphatic heterocycles. The third-order valence-electron chi connectivity index (χ3n) is 3.83. The Hall–Kier alpha value is -1.47. The molecule has 1 amide bonds. The van der Waals surface area contributed by atoms with Gasteiger partial charge < -0.3 is 11.1 Å². The molecule has 0 saturated heterocycles. The lowest BCUT2D eigenvalue weighted by molar-refractivity contribution is -0.385. The zero-order valence-electron chi connectivity index (χ0n) is 10.9. The summed E-state index contributed by atoms with van der Waals surface area (Å²) in [5.74, 6) is -0.144. The Kier molecular flexibility index (Phi) is 4.39. The standard InChI is InChI=1S/C13H16BrN3O3/c14-10-4-3-9(7-11(10)17(19)20)16-12(18)13(8-15)5-1-2-6-13/h3-4,7H,1-2,5-6,8,15H2,(H,16,18). The summed E-state index contributed by atoms with van der Waals surface area (Å²) in [5, 5.41) is 13.6. The van der Waals surface area contributed by atoms with Gasteiger partial charge in [0.25, 0.3) is 5.69 Å². The van der Waals surface area contributed by atoms with E-state index in [1.165, 1.54) is 6.07 Å². The van der Waals surface area contributed by atoms with Gasteiger partial charge in [-0.05, 0) is 40.9 Å². The summed E-state index contributed by atoms with van der Waals surface area (Å²) >= 11 is 3.11. The zero-order chi connectivity index (χ0) is 14.8. The van der Waals surface area contributed by atoms with Crippen molar-refractivity contribution in [1.29, 1.82) is 0 Å². The van der Waals surface area contributed by atoms with Gasteiger partial charge in [0.2, 0.25) is 5.91 Å². The van der Waals surface area contributed by atoms with Gasteiger partial charge in [-0.15, -0.1) is 0 Å². The summed E-state index contributed by atoms with van der Waals surface area (Å²) in [6, 6.07) is 4.53. The van der Waals surface area contributed by atoms with Crippen LogP contribution in [0.25, 0.3) is 0 Å². The molecule has 1 aromatic carbocycles. The number of anilines is 1. The van der Waals surface area contributed by atoms with Crippen molar-refractivity contribution in [3.8, 4) is 0 Å². The molecule has 108 valence electrons. The first-order valence-corrected chi connectivity index (χ1v) is 7.23. The summed E-state index contributed by atoms with van der Waals surface area (Å²) in [4.78, 5) is 22.7. The highest BCUT2D eigenvalue weighted by Crippen LogP contribution is 2.38. The summed E-state index contributed by atoms with van der Waals surface area (Å²) in [5.41, 5.74) is 5.57. The Bertz CT molecular complexity index is 542. The molecule has 1 saturated carbocycles. The topological polar surface area (TPSA) is 98.3 Å². The average molecular weight is 342 g/mol. The fourth-order valence-corrected chi connectivity index (χ4v) is 2.96. The zero-order valence-corrected chi connectivity index (χ0v) is 12.5. The lowest BCUT2D eigenvalue weighted by atomic mass is 9.85. The second kappa shape index (κ2) is 5.88. The molecule has 0 heterocycles. The first-order valence-electron chi connectivity index (χ1n) is 6.44. The number of rotatable bonds is 4. The van der Waals surface area contributed by atoms with Crippen LogP contribution in [0, 0.1) is 15.5 Å². The van der Waals surface area contributed by atoms with E-state index in [0.29, 0.717) is 16.7 Å². The van der Waals surface area contributed by atoms with Crippen molar-refractivity contribution >= 4 is 33.2 Å².